The average molecular weight is 423 g/mol. The van der Waals surface area contributed by atoms with Gasteiger partial charge in [0.15, 0.2) is 0 Å². The van der Waals surface area contributed by atoms with Gasteiger partial charge >= 0.3 is 6.18 Å². The lowest BCUT2D eigenvalue weighted by molar-refractivity contribution is -0.265. The number of aromatic nitrogens is 1. The SMILES string of the molecule is CNC[C@](O)(c1cc(CN)c(OCC(F)F)c(-c2ccc(F)cc2)n1)C(F)(F)F. The molecular formula is C18H19F6N3O2. The molecule has 0 aliphatic carbocycles. The minimum absolute atomic E-state index is 0.0752. The summed E-state index contributed by atoms with van der Waals surface area (Å²) in [6.45, 7) is -2.36. The molecule has 5 nitrogen and oxygen atoms in total. The van der Waals surface area contributed by atoms with Crippen LogP contribution in [-0.2, 0) is 12.1 Å². The van der Waals surface area contributed by atoms with Gasteiger partial charge in [-0.3, -0.25) is 0 Å². The van der Waals surface area contributed by atoms with Gasteiger partial charge in [-0.1, -0.05) is 0 Å². The van der Waals surface area contributed by atoms with Gasteiger partial charge in [-0.05, 0) is 37.4 Å². The maximum Gasteiger partial charge on any atom is 0.424 e. The Morgan fingerprint density at radius 2 is 1.83 bits per heavy atom. The van der Waals surface area contributed by atoms with Crippen molar-refractivity contribution in [2.24, 2.45) is 5.73 Å². The van der Waals surface area contributed by atoms with Crippen molar-refractivity contribution in [3.63, 3.8) is 0 Å². The molecule has 11 heteroatoms. The highest BCUT2D eigenvalue weighted by Crippen LogP contribution is 2.41. The van der Waals surface area contributed by atoms with Crippen LogP contribution in [0.25, 0.3) is 11.3 Å². The molecule has 0 unspecified atom stereocenters. The van der Waals surface area contributed by atoms with Crippen molar-refractivity contribution in [1.29, 1.82) is 0 Å². The molecule has 1 atom stereocenters. The highest BCUT2D eigenvalue weighted by atomic mass is 19.4. The van der Waals surface area contributed by atoms with Crippen molar-refractivity contribution < 1.29 is 36.2 Å². The van der Waals surface area contributed by atoms with Gasteiger partial charge in [0, 0.05) is 24.2 Å². The first kappa shape index (κ1) is 22.9. The third-order valence-corrected chi connectivity index (χ3v) is 4.07. The van der Waals surface area contributed by atoms with Gasteiger partial charge in [0.1, 0.15) is 23.9 Å². The number of benzene rings is 1. The zero-order valence-corrected chi connectivity index (χ0v) is 15.2. The Hall–Kier alpha value is -2.37. The minimum atomic E-state index is -5.11. The fraction of sp³-hybridized carbons (Fsp3) is 0.389. The van der Waals surface area contributed by atoms with E-state index in [1.165, 1.54) is 19.2 Å². The van der Waals surface area contributed by atoms with Crippen molar-refractivity contribution in [2.45, 2.75) is 24.7 Å². The van der Waals surface area contributed by atoms with E-state index in [-0.39, 0.29) is 29.1 Å². The normalized spacial score (nSPS) is 14.1. The van der Waals surface area contributed by atoms with Crippen molar-refractivity contribution in [2.75, 3.05) is 20.2 Å². The zero-order chi connectivity index (χ0) is 21.8. The summed E-state index contributed by atoms with van der Waals surface area (Å²) in [6, 6.07) is 5.29. The molecule has 0 spiro atoms. The van der Waals surface area contributed by atoms with Crippen LogP contribution in [0.1, 0.15) is 11.3 Å². The van der Waals surface area contributed by atoms with Crippen LogP contribution in [0, 0.1) is 5.82 Å². The molecule has 2 aromatic rings. The van der Waals surface area contributed by atoms with Crippen LogP contribution in [-0.4, -0.2) is 42.9 Å². The summed E-state index contributed by atoms with van der Waals surface area (Å²) in [6.07, 6.45) is -7.97. The summed E-state index contributed by atoms with van der Waals surface area (Å²) in [7, 11) is 1.21. The minimum Gasteiger partial charge on any atom is -0.485 e. The van der Waals surface area contributed by atoms with Gasteiger partial charge < -0.3 is 20.9 Å². The third-order valence-electron chi connectivity index (χ3n) is 4.07. The number of nitrogens with two attached hydrogens (primary N) is 1. The Balaban J connectivity index is 2.75. The number of halogens is 6. The second-order valence-corrected chi connectivity index (χ2v) is 6.15. The summed E-state index contributed by atoms with van der Waals surface area (Å²) in [5.41, 5.74) is 1.15. The molecule has 0 aliphatic rings. The van der Waals surface area contributed by atoms with Gasteiger partial charge in [0.2, 0.25) is 5.60 Å². The Bertz CT molecular complexity index is 830. The Morgan fingerprint density at radius 3 is 2.31 bits per heavy atom. The highest BCUT2D eigenvalue weighted by molar-refractivity contribution is 5.69. The van der Waals surface area contributed by atoms with Crippen LogP contribution >= 0.6 is 0 Å². The van der Waals surface area contributed by atoms with E-state index in [1.807, 2.05) is 0 Å². The molecule has 1 aromatic carbocycles. The number of likely N-dealkylation sites (N-methyl/N-ethyl adjacent to an activating group) is 1. The summed E-state index contributed by atoms with van der Waals surface area (Å²) >= 11 is 0. The second kappa shape index (κ2) is 8.97. The Kier molecular flexibility index (Phi) is 7.09. The number of hydrogen-bond acceptors (Lipinski definition) is 5. The van der Waals surface area contributed by atoms with E-state index in [9.17, 15) is 31.4 Å². The number of nitrogens with one attached hydrogen (secondary N) is 1. The first-order valence-corrected chi connectivity index (χ1v) is 8.38. The molecule has 0 amide bonds. The lowest BCUT2D eigenvalue weighted by atomic mass is 9.94. The second-order valence-electron chi connectivity index (χ2n) is 6.15. The van der Waals surface area contributed by atoms with Crippen molar-refractivity contribution in [3.05, 3.63) is 47.4 Å². The molecular weight excluding hydrogens is 404 g/mol. The van der Waals surface area contributed by atoms with Gasteiger partial charge in [0.25, 0.3) is 6.43 Å². The molecule has 29 heavy (non-hydrogen) atoms. The molecule has 1 heterocycles. The fourth-order valence-electron chi connectivity index (χ4n) is 2.65. The maximum atomic E-state index is 13.6. The Morgan fingerprint density at radius 1 is 1.21 bits per heavy atom. The molecule has 1 aromatic heterocycles. The summed E-state index contributed by atoms with van der Waals surface area (Å²) < 4.78 is 84.4. The van der Waals surface area contributed by atoms with E-state index < -0.39 is 42.9 Å². The van der Waals surface area contributed by atoms with E-state index in [0.717, 1.165) is 18.2 Å². The van der Waals surface area contributed by atoms with Crippen LogP contribution in [0.3, 0.4) is 0 Å². The number of rotatable bonds is 8. The van der Waals surface area contributed by atoms with Crippen LogP contribution in [0.4, 0.5) is 26.3 Å². The van der Waals surface area contributed by atoms with Gasteiger partial charge in [0.05, 0.1) is 5.69 Å². The molecule has 0 saturated carbocycles. The lowest BCUT2D eigenvalue weighted by Gasteiger charge is -2.31. The molecule has 0 bridgehead atoms. The van der Waals surface area contributed by atoms with E-state index in [0.29, 0.717) is 0 Å². The average Bonchev–Trinajstić information content (AvgIpc) is 2.65. The largest absolute Gasteiger partial charge is 0.485 e. The lowest BCUT2D eigenvalue weighted by Crippen LogP contribution is -2.50. The van der Waals surface area contributed by atoms with E-state index >= 15 is 0 Å². The first-order chi connectivity index (χ1) is 13.5. The number of nitrogens with zero attached hydrogens (tertiary/aromatic N) is 1. The molecule has 0 fully saturated rings. The first-order valence-electron chi connectivity index (χ1n) is 8.38. The fourth-order valence-corrected chi connectivity index (χ4v) is 2.65. The van der Waals surface area contributed by atoms with Crippen LogP contribution in [0.15, 0.2) is 30.3 Å². The van der Waals surface area contributed by atoms with Crippen LogP contribution < -0.4 is 15.8 Å². The monoisotopic (exact) mass is 423 g/mol. The van der Waals surface area contributed by atoms with Crippen molar-refractivity contribution in [1.82, 2.24) is 10.3 Å². The molecule has 0 aliphatic heterocycles. The highest BCUT2D eigenvalue weighted by Gasteiger charge is 2.56. The van der Waals surface area contributed by atoms with Crippen molar-refractivity contribution in [3.8, 4) is 17.0 Å². The molecule has 2 rings (SSSR count). The predicted octanol–water partition coefficient (Wildman–Crippen LogP) is 2.96. The predicted molar refractivity (Wildman–Crippen MR) is 92.9 cm³/mol. The van der Waals surface area contributed by atoms with E-state index in [1.54, 1.807) is 0 Å². The Labute approximate surface area is 162 Å². The molecule has 4 N–H and O–H groups in total. The number of ether oxygens (including phenoxy) is 1. The maximum absolute atomic E-state index is 13.6. The summed E-state index contributed by atoms with van der Waals surface area (Å²) in [5.74, 6) is -0.891. The van der Waals surface area contributed by atoms with Crippen LogP contribution in [0.2, 0.25) is 0 Å². The third kappa shape index (κ3) is 4.98. The quantitative estimate of drug-likeness (QED) is 0.569. The standard InChI is InChI=1S/C18H19F6N3O2/c1-26-9-17(28,18(22,23)24)13-6-11(7-25)16(29-8-14(20)21)15(27-13)10-2-4-12(19)5-3-10/h2-6,14,26,28H,7-9,25H2,1H3/t17-/m0/s1. The number of aliphatic hydroxyl groups is 1. The smallest absolute Gasteiger partial charge is 0.424 e. The molecule has 160 valence electrons. The van der Waals surface area contributed by atoms with Crippen molar-refractivity contribution >= 4 is 0 Å². The summed E-state index contributed by atoms with van der Waals surface area (Å²) in [4.78, 5) is 3.86. The van der Waals surface area contributed by atoms with Gasteiger partial charge in [-0.25, -0.2) is 18.2 Å². The topological polar surface area (TPSA) is 80.4 Å². The van der Waals surface area contributed by atoms with E-state index in [2.05, 4.69) is 10.3 Å². The van der Waals surface area contributed by atoms with E-state index in [4.69, 9.17) is 10.5 Å². The van der Waals surface area contributed by atoms with Gasteiger partial charge in [-0.2, -0.15) is 13.2 Å². The zero-order valence-electron chi connectivity index (χ0n) is 15.2. The van der Waals surface area contributed by atoms with Crippen LogP contribution in [0.5, 0.6) is 5.75 Å². The number of pyridine rings is 1. The number of hydrogen-bond donors (Lipinski definition) is 3. The number of alkyl halides is 5. The molecule has 0 radical (unpaired) electrons. The van der Waals surface area contributed by atoms with Gasteiger partial charge in [-0.15, -0.1) is 0 Å². The molecule has 0 saturated heterocycles. The summed E-state index contributed by atoms with van der Waals surface area (Å²) in [5, 5.41) is 12.6.